The molecule has 0 saturated carbocycles. The minimum absolute atomic E-state index is 0.0457. The van der Waals surface area contributed by atoms with E-state index in [9.17, 15) is 8.42 Å². The molecule has 1 heterocycles. The smallest absolute Gasteiger partial charge is 0.244 e. The molecule has 0 bridgehead atoms. The second-order valence-electron chi connectivity index (χ2n) is 3.81. The van der Waals surface area contributed by atoms with E-state index < -0.39 is 10.0 Å². The highest BCUT2D eigenvalue weighted by Crippen LogP contribution is 2.24. The van der Waals surface area contributed by atoms with Gasteiger partial charge < -0.3 is 4.74 Å². The average molecular weight is 283 g/mol. The molecule has 19 heavy (non-hydrogen) atoms. The number of methoxy groups -OCH3 is 1. The summed E-state index contributed by atoms with van der Waals surface area (Å²) in [6.07, 6.45) is 0. The van der Waals surface area contributed by atoms with Crippen LogP contribution in [0.5, 0.6) is 5.75 Å². The maximum atomic E-state index is 12.2. The van der Waals surface area contributed by atoms with Crippen LogP contribution in [-0.4, -0.2) is 36.2 Å². The Balaban J connectivity index is 2.26. The van der Waals surface area contributed by atoms with Gasteiger partial charge in [-0.05, 0) is 24.6 Å². The van der Waals surface area contributed by atoms with Crippen molar-refractivity contribution in [1.82, 2.24) is 25.3 Å². The van der Waals surface area contributed by atoms with Crippen LogP contribution in [0.25, 0.3) is 0 Å². The molecule has 0 unspecified atom stereocenters. The minimum Gasteiger partial charge on any atom is -0.495 e. The summed E-state index contributed by atoms with van der Waals surface area (Å²) in [6, 6.07) is 4.92. The lowest BCUT2D eigenvalue weighted by molar-refractivity contribution is 0.402. The number of hydrogen-bond acceptors (Lipinski definition) is 6. The molecule has 0 atom stereocenters. The molecule has 0 amide bonds. The molecule has 9 heteroatoms. The zero-order valence-electron chi connectivity index (χ0n) is 10.4. The molecule has 0 saturated heterocycles. The van der Waals surface area contributed by atoms with Crippen LogP contribution in [-0.2, 0) is 16.6 Å². The molecule has 0 aliphatic carbocycles. The zero-order valence-corrected chi connectivity index (χ0v) is 11.2. The van der Waals surface area contributed by atoms with Gasteiger partial charge in [0.2, 0.25) is 10.0 Å². The molecule has 1 aromatic carbocycles. The number of sulfonamides is 1. The predicted molar refractivity (Wildman–Crippen MR) is 65.9 cm³/mol. The molecule has 2 N–H and O–H groups in total. The number of tetrazole rings is 1. The van der Waals surface area contributed by atoms with Gasteiger partial charge in [-0.25, -0.2) is 13.1 Å². The average Bonchev–Trinajstić information content (AvgIpc) is 2.89. The maximum Gasteiger partial charge on any atom is 0.244 e. The molecular formula is C10H13N5O3S. The van der Waals surface area contributed by atoms with Gasteiger partial charge in [-0.2, -0.15) is 5.21 Å². The van der Waals surface area contributed by atoms with Crippen LogP contribution in [0.15, 0.2) is 23.1 Å². The largest absolute Gasteiger partial charge is 0.495 e. The summed E-state index contributed by atoms with van der Waals surface area (Å²) < 4.78 is 31.8. The van der Waals surface area contributed by atoms with Crippen molar-refractivity contribution >= 4 is 10.0 Å². The van der Waals surface area contributed by atoms with E-state index in [2.05, 4.69) is 25.3 Å². The predicted octanol–water partition coefficient (Wildman–Crippen LogP) is -0.00478. The lowest BCUT2D eigenvalue weighted by Crippen LogP contribution is -2.24. The van der Waals surface area contributed by atoms with Crippen molar-refractivity contribution in [3.05, 3.63) is 29.6 Å². The first-order valence-electron chi connectivity index (χ1n) is 5.39. The van der Waals surface area contributed by atoms with Gasteiger partial charge in [-0.3, -0.25) is 0 Å². The van der Waals surface area contributed by atoms with Gasteiger partial charge in [-0.15, -0.1) is 10.2 Å². The lowest BCUT2D eigenvalue weighted by Gasteiger charge is -2.10. The van der Waals surface area contributed by atoms with E-state index in [1.54, 1.807) is 19.1 Å². The molecule has 2 aromatic rings. The van der Waals surface area contributed by atoms with Crippen LogP contribution >= 0.6 is 0 Å². The van der Waals surface area contributed by atoms with Gasteiger partial charge in [0.15, 0.2) is 5.82 Å². The van der Waals surface area contributed by atoms with Gasteiger partial charge in [0.25, 0.3) is 0 Å². The van der Waals surface area contributed by atoms with E-state index in [4.69, 9.17) is 4.74 Å². The Kier molecular flexibility index (Phi) is 3.76. The maximum absolute atomic E-state index is 12.2. The minimum atomic E-state index is -3.70. The van der Waals surface area contributed by atoms with Gasteiger partial charge >= 0.3 is 0 Å². The summed E-state index contributed by atoms with van der Waals surface area (Å²) in [6.45, 7) is 1.76. The molecule has 2 rings (SSSR count). The zero-order chi connectivity index (χ0) is 13.9. The number of aromatic nitrogens is 4. The number of ether oxygens (including phenoxy) is 1. The van der Waals surface area contributed by atoms with Gasteiger partial charge in [-0.1, -0.05) is 11.3 Å². The van der Waals surface area contributed by atoms with E-state index in [1.165, 1.54) is 13.2 Å². The molecule has 8 nitrogen and oxygen atoms in total. The molecular weight excluding hydrogens is 270 g/mol. The lowest BCUT2D eigenvalue weighted by atomic mass is 10.2. The van der Waals surface area contributed by atoms with Crippen molar-refractivity contribution in [2.75, 3.05) is 7.11 Å². The fourth-order valence-corrected chi connectivity index (χ4v) is 2.72. The van der Waals surface area contributed by atoms with Gasteiger partial charge in [0.05, 0.1) is 13.7 Å². The number of nitrogens with zero attached hydrogens (tertiary/aromatic N) is 3. The van der Waals surface area contributed by atoms with Crippen LogP contribution < -0.4 is 9.46 Å². The van der Waals surface area contributed by atoms with Crippen molar-refractivity contribution in [2.45, 2.75) is 18.4 Å². The number of aromatic amines is 1. The molecule has 0 fully saturated rings. The Morgan fingerprint density at radius 1 is 1.42 bits per heavy atom. The number of benzene rings is 1. The monoisotopic (exact) mass is 283 g/mol. The third-order valence-corrected chi connectivity index (χ3v) is 3.84. The fourth-order valence-electron chi connectivity index (χ4n) is 1.49. The Labute approximate surface area is 110 Å². The number of aryl methyl sites for hydroxylation is 1. The van der Waals surface area contributed by atoms with Gasteiger partial charge in [0.1, 0.15) is 10.6 Å². The van der Waals surface area contributed by atoms with Gasteiger partial charge in [0, 0.05) is 0 Å². The molecule has 0 aliphatic rings. The highest BCUT2D eigenvalue weighted by Gasteiger charge is 2.20. The second kappa shape index (κ2) is 5.33. The summed E-state index contributed by atoms with van der Waals surface area (Å²) in [4.78, 5) is 0.0819. The third-order valence-electron chi connectivity index (χ3n) is 2.42. The number of rotatable bonds is 5. The van der Waals surface area contributed by atoms with Crippen LogP contribution in [0, 0.1) is 6.92 Å². The molecule has 1 aromatic heterocycles. The molecule has 0 spiro atoms. The normalized spacial score (nSPS) is 11.5. The topological polar surface area (TPSA) is 110 Å². The fraction of sp³-hybridized carbons (Fsp3) is 0.300. The van der Waals surface area contributed by atoms with Crippen molar-refractivity contribution < 1.29 is 13.2 Å². The first kappa shape index (κ1) is 13.4. The third kappa shape index (κ3) is 3.06. The van der Waals surface area contributed by atoms with Crippen LogP contribution in [0.3, 0.4) is 0 Å². The van der Waals surface area contributed by atoms with Crippen LogP contribution in [0.4, 0.5) is 0 Å². The Morgan fingerprint density at radius 2 is 2.21 bits per heavy atom. The quantitative estimate of drug-likeness (QED) is 0.799. The summed E-state index contributed by atoms with van der Waals surface area (Å²) >= 11 is 0. The number of hydrogen-bond donors (Lipinski definition) is 2. The Morgan fingerprint density at radius 3 is 2.84 bits per heavy atom. The first-order chi connectivity index (χ1) is 9.03. The van der Waals surface area contributed by atoms with E-state index in [0.717, 1.165) is 5.56 Å². The Hall–Kier alpha value is -2.00. The van der Waals surface area contributed by atoms with E-state index in [1.807, 2.05) is 0 Å². The van der Waals surface area contributed by atoms with E-state index >= 15 is 0 Å². The number of nitrogens with one attached hydrogen (secondary N) is 2. The van der Waals surface area contributed by atoms with E-state index in [0.29, 0.717) is 0 Å². The van der Waals surface area contributed by atoms with Crippen LogP contribution in [0.2, 0.25) is 0 Å². The summed E-state index contributed by atoms with van der Waals surface area (Å²) in [5.74, 6) is 0.543. The summed E-state index contributed by atoms with van der Waals surface area (Å²) in [7, 11) is -2.28. The molecule has 102 valence electrons. The van der Waals surface area contributed by atoms with Crippen molar-refractivity contribution in [3.8, 4) is 5.75 Å². The van der Waals surface area contributed by atoms with E-state index in [-0.39, 0.29) is 23.0 Å². The second-order valence-corrected chi connectivity index (χ2v) is 5.54. The number of H-pyrrole nitrogens is 1. The molecule has 0 radical (unpaired) electrons. The molecule has 0 aliphatic heterocycles. The standard InChI is InChI=1S/C10H13N5O3S/c1-7-3-4-8(18-2)9(5-7)19(16,17)11-6-10-12-14-15-13-10/h3-5,11H,6H2,1-2H3,(H,12,13,14,15). The van der Waals surface area contributed by atoms with Crippen molar-refractivity contribution in [1.29, 1.82) is 0 Å². The highest BCUT2D eigenvalue weighted by molar-refractivity contribution is 7.89. The van der Waals surface area contributed by atoms with Crippen LogP contribution in [0.1, 0.15) is 11.4 Å². The van der Waals surface area contributed by atoms with Crippen molar-refractivity contribution in [3.63, 3.8) is 0 Å². The first-order valence-corrected chi connectivity index (χ1v) is 6.88. The summed E-state index contributed by atoms with van der Waals surface area (Å²) in [5, 5.41) is 12.9. The summed E-state index contributed by atoms with van der Waals surface area (Å²) in [5.41, 5.74) is 0.820. The van der Waals surface area contributed by atoms with Crippen molar-refractivity contribution in [2.24, 2.45) is 0 Å². The highest BCUT2D eigenvalue weighted by atomic mass is 32.2. The SMILES string of the molecule is COc1ccc(C)cc1S(=O)(=O)NCc1nn[nH]n1. The Bertz CT molecular complexity index is 654.